The molecule has 4 heteroatoms. The largest absolute Gasteiger partial charge is 0.493 e. The van der Waals surface area contributed by atoms with Gasteiger partial charge in [0, 0.05) is 24.4 Å². The van der Waals surface area contributed by atoms with E-state index in [2.05, 4.69) is 11.4 Å². The summed E-state index contributed by atoms with van der Waals surface area (Å²) in [6.45, 7) is 1.59. The monoisotopic (exact) mass is 249 g/mol. The van der Waals surface area contributed by atoms with Gasteiger partial charge in [-0.15, -0.1) is 0 Å². The highest BCUT2D eigenvalue weighted by atomic mass is 16.5. The molecule has 0 bridgehead atoms. The van der Waals surface area contributed by atoms with E-state index in [1.807, 2.05) is 18.2 Å². The van der Waals surface area contributed by atoms with Crippen molar-refractivity contribution in [2.45, 2.75) is 31.7 Å². The van der Waals surface area contributed by atoms with Crippen molar-refractivity contribution in [1.82, 2.24) is 5.32 Å². The average Bonchev–Trinajstić information content (AvgIpc) is 2.38. The summed E-state index contributed by atoms with van der Waals surface area (Å²) >= 11 is 0. The first kappa shape index (κ1) is 12.9. The van der Waals surface area contributed by atoms with Gasteiger partial charge >= 0.3 is 5.97 Å². The van der Waals surface area contributed by atoms with Gasteiger partial charge in [0.2, 0.25) is 0 Å². The van der Waals surface area contributed by atoms with Gasteiger partial charge in [-0.3, -0.25) is 4.79 Å². The fourth-order valence-corrected chi connectivity index (χ4v) is 2.23. The molecular formula is C14H19NO3. The molecule has 0 radical (unpaired) electrons. The lowest BCUT2D eigenvalue weighted by molar-refractivity contribution is -0.137. The number of rotatable bonds is 6. The van der Waals surface area contributed by atoms with Gasteiger partial charge < -0.3 is 15.2 Å². The standard InChI is InChI=1S/C14H19NO3/c16-14(17)7-3-4-9-15-12-8-10-18-13-6-2-1-5-11(12)13/h1-2,5-6,12,15H,3-4,7-10H2,(H,16,17). The van der Waals surface area contributed by atoms with E-state index in [1.54, 1.807) is 0 Å². The van der Waals surface area contributed by atoms with Gasteiger partial charge in [0.25, 0.3) is 0 Å². The van der Waals surface area contributed by atoms with Crippen molar-refractivity contribution in [3.63, 3.8) is 0 Å². The molecule has 1 aliphatic heterocycles. The van der Waals surface area contributed by atoms with Crippen LogP contribution in [-0.2, 0) is 4.79 Å². The molecular weight excluding hydrogens is 230 g/mol. The average molecular weight is 249 g/mol. The molecule has 1 aromatic carbocycles. The van der Waals surface area contributed by atoms with Gasteiger partial charge in [-0.25, -0.2) is 0 Å². The lowest BCUT2D eigenvalue weighted by Gasteiger charge is -2.26. The van der Waals surface area contributed by atoms with Gasteiger partial charge in [-0.2, -0.15) is 0 Å². The summed E-state index contributed by atoms with van der Waals surface area (Å²) < 4.78 is 5.59. The molecule has 2 N–H and O–H groups in total. The SMILES string of the molecule is O=C(O)CCCCNC1CCOc2ccccc21. The number of fused-ring (bicyclic) bond motifs is 1. The normalized spacial score (nSPS) is 17.9. The van der Waals surface area contributed by atoms with Gasteiger partial charge in [-0.05, 0) is 25.5 Å². The number of aliphatic carboxylic acids is 1. The van der Waals surface area contributed by atoms with E-state index in [9.17, 15) is 4.79 Å². The molecule has 1 unspecified atom stereocenters. The zero-order valence-electron chi connectivity index (χ0n) is 10.4. The van der Waals surface area contributed by atoms with Crippen molar-refractivity contribution < 1.29 is 14.6 Å². The van der Waals surface area contributed by atoms with Crippen LogP contribution in [0.15, 0.2) is 24.3 Å². The highest BCUT2D eigenvalue weighted by Crippen LogP contribution is 2.31. The minimum Gasteiger partial charge on any atom is -0.493 e. The van der Waals surface area contributed by atoms with Crippen molar-refractivity contribution >= 4 is 5.97 Å². The molecule has 98 valence electrons. The predicted octanol–water partition coefficient (Wildman–Crippen LogP) is 2.35. The van der Waals surface area contributed by atoms with E-state index in [0.717, 1.165) is 38.2 Å². The highest BCUT2D eigenvalue weighted by molar-refractivity contribution is 5.66. The van der Waals surface area contributed by atoms with Gasteiger partial charge in [0.1, 0.15) is 5.75 Å². The summed E-state index contributed by atoms with van der Waals surface area (Å²) in [4.78, 5) is 10.4. The maximum atomic E-state index is 10.4. The van der Waals surface area contributed by atoms with Crippen LogP contribution in [0.4, 0.5) is 0 Å². The lowest BCUT2D eigenvalue weighted by Crippen LogP contribution is -2.27. The fourth-order valence-electron chi connectivity index (χ4n) is 2.23. The Morgan fingerprint density at radius 3 is 3.06 bits per heavy atom. The fraction of sp³-hybridized carbons (Fsp3) is 0.500. The van der Waals surface area contributed by atoms with Crippen LogP contribution in [-0.4, -0.2) is 24.2 Å². The van der Waals surface area contributed by atoms with Crippen molar-refractivity contribution in [1.29, 1.82) is 0 Å². The first-order valence-electron chi connectivity index (χ1n) is 6.44. The number of carbonyl (C=O) groups is 1. The Balaban J connectivity index is 1.79. The smallest absolute Gasteiger partial charge is 0.303 e. The van der Waals surface area contributed by atoms with Crippen LogP contribution >= 0.6 is 0 Å². The number of carboxylic acids is 1. The van der Waals surface area contributed by atoms with Gasteiger partial charge in [0.05, 0.1) is 6.61 Å². The molecule has 0 saturated carbocycles. The molecule has 0 saturated heterocycles. The molecule has 2 rings (SSSR count). The third-order valence-electron chi connectivity index (χ3n) is 3.17. The quantitative estimate of drug-likeness (QED) is 0.760. The number of benzene rings is 1. The zero-order valence-corrected chi connectivity index (χ0v) is 10.4. The molecule has 1 aromatic rings. The molecule has 1 heterocycles. The molecule has 0 amide bonds. The van der Waals surface area contributed by atoms with Crippen LogP contribution < -0.4 is 10.1 Å². The highest BCUT2D eigenvalue weighted by Gasteiger charge is 2.19. The molecule has 4 nitrogen and oxygen atoms in total. The first-order valence-corrected chi connectivity index (χ1v) is 6.44. The maximum Gasteiger partial charge on any atom is 0.303 e. The summed E-state index contributed by atoms with van der Waals surface area (Å²) in [5.74, 6) is 0.248. The Kier molecular flexibility index (Phi) is 4.59. The molecule has 1 atom stereocenters. The van der Waals surface area contributed by atoms with Crippen molar-refractivity contribution in [2.24, 2.45) is 0 Å². The van der Waals surface area contributed by atoms with Crippen LogP contribution in [0.1, 0.15) is 37.3 Å². The summed E-state index contributed by atoms with van der Waals surface area (Å²) in [5, 5.41) is 12.0. The molecule has 0 aromatic heterocycles. The number of unbranched alkanes of at least 4 members (excludes halogenated alkanes) is 1. The lowest BCUT2D eigenvalue weighted by atomic mass is 10.0. The third-order valence-corrected chi connectivity index (χ3v) is 3.17. The Morgan fingerprint density at radius 1 is 1.39 bits per heavy atom. The topological polar surface area (TPSA) is 58.6 Å². The second kappa shape index (κ2) is 6.40. The third kappa shape index (κ3) is 3.47. The summed E-state index contributed by atoms with van der Waals surface area (Å²) in [5.41, 5.74) is 1.21. The van der Waals surface area contributed by atoms with Crippen molar-refractivity contribution in [2.75, 3.05) is 13.2 Å². The van der Waals surface area contributed by atoms with Crippen LogP contribution in [0.5, 0.6) is 5.75 Å². The number of hydrogen-bond donors (Lipinski definition) is 2. The number of ether oxygens (including phenoxy) is 1. The van der Waals surface area contributed by atoms with Crippen LogP contribution in [0.25, 0.3) is 0 Å². The van der Waals surface area contributed by atoms with E-state index in [-0.39, 0.29) is 6.42 Å². The molecule has 1 aliphatic rings. The minimum absolute atomic E-state index is 0.256. The number of nitrogens with one attached hydrogen (secondary N) is 1. The minimum atomic E-state index is -0.716. The van der Waals surface area contributed by atoms with Crippen LogP contribution in [0.2, 0.25) is 0 Å². The molecule has 0 aliphatic carbocycles. The predicted molar refractivity (Wildman–Crippen MR) is 68.8 cm³/mol. The number of carboxylic acid groups (broad SMARTS) is 1. The second-order valence-corrected chi connectivity index (χ2v) is 4.53. The molecule has 0 spiro atoms. The number of para-hydroxylation sites is 1. The first-order chi connectivity index (χ1) is 8.77. The summed E-state index contributed by atoms with van der Waals surface area (Å²) in [6, 6.07) is 8.41. The van der Waals surface area contributed by atoms with E-state index < -0.39 is 5.97 Å². The van der Waals surface area contributed by atoms with E-state index in [1.165, 1.54) is 5.56 Å². The second-order valence-electron chi connectivity index (χ2n) is 4.53. The van der Waals surface area contributed by atoms with Gasteiger partial charge in [0.15, 0.2) is 0 Å². The number of hydrogen-bond acceptors (Lipinski definition) is 3. The van der Waals surface area contributed by atoms with Crippen molar-refractivity contribution in [3.05, 3.63) is 29.8 Å². The van der Waals surface area contributed by atoms with E-state index in [0.29, 0.717) is 6.04 Å². The van der Waals surface area contributed by atoms with Crippen molar-refractivity contribution in [3.8, 4) is 5.75 Å². The molecule has 18 heavy (non-hydrogen) atoms. The maximum absolute atomic E-state index is 10.4. The molecule has 0 fully saturated rings. The summed E-state index contributed by atoms with van der Waals surface area (Å²) in [7, 11) is 0. The van der Waals surface area contributed by atoms with Crippen LogP contribution in [0.3, 0.4) is 0 Å². The Hall–Kier alpha value is -1.55. The summed E-state index contributed by atoms with van der Waals surface area (Å²) in [6.07, 6.45) is 2.85. The Labute approximate surface area is 107 Å². The van der Waals surface area contributed by atoms with Gasteiger partial charge in [-0.1, -0.05) is 18.2 Å². The zero-order chi connectivity index (χ0) is 12.8. The Morgan fingerprint density at radius 2 is 2.22 bits per heavy atom. The Bertz CT molecular complexity index is 406. The van der Waals surface area contributed by atoms with E-state index >= 15 is 0 Å². The van der Waals surface area contributed by atoms with Crippen LogP contribution in [0, 0.1) is 0 Å². The van der Waals surface area contributed by atoms with E-state index in [4.69, 9.17) is 9.84 Å².